The summed E-state index contributed by atoms with van der Waals surface area (Å²) in [5, 5.41) is 4.93. The van der Waals surface area contributed by atoms with Gasteiger partial charge >= 0.3 is 5.97 Å². The summed E-state index contributed by atoms with van der Waals surface area (Å²) in [6.45, 7) is 1.32. The third-order valence-electron chi connectivity index (χ3n) is 7.20. The summed E-state index contributed by atoms with van der Waals surface area (Å²) in [4.78, 5) is 45.1. The number of esters is 1. The lowest BCUT2D eigenvalue weighted by Crippen LogP contribution is -2.41. The van der Waals surface area contributed by atoms with Gasteiger partial charge in [0.1, 0.15) is 11.9 Å². The Labute approximate surface area is 188 Å². The SMILES string of the molecule is CC(=O)Oc1ccc(N2C(=O)[C@@H]3[C@H]4C[C@H]([C@@H]5ON=C(c6ccccc6Cl)[C@H]45)[C@@H]3C2=O)cc1. The maximum Gasteiger partial charge on any atom is 0.308 e. The van der Waals surface area contributed by atoms with Gasteiger partial charge in [0.2, 0.25) is 11.8 Å². The fraction of sp³-hybridized carbons (Fsp3) is 0.333. The van der Waals surface area contributed by atoms with Gasteiger partial charge in [-0.05, 0) is 42.7 Å². The summed E-state index contributed by atoms with van der Waals surface area (Å²) in [5.74, 6) is -1.36. The van der Waals surface area contributed by atoms with Crippen molar-refractivity contribution in [2.75, 3.05) is 4.90 Å². The number of amides is 2. The van der Waals surface area contributed by atoms with Gasteiger partial charge in [-0.15, -0.1) is 0 Å². The predicted molar refractivity (Wildman–Crippen MR) is 115 cm³/mol. The molecule has 2 aliphatic carbocycles. The van der Waals surface area contributed by atoms with E-state index in [1.807, 2.05) is 24.3 Å². The minimum absolute atomic E-state index is 0.0192. The van der Waals surface area contributed by atoms with Crippen LogP contribution in [0, 0.1) is 29.6 Å². The van der Waals surface area contributed by atoms with Crippen molar-refractivity contribution in [2.45, 2.75) is 19.4 Å². The fourth-order valence-electron chi connectivity index (χ4n) is 6.10. The number of anilines is 1. The van der Waals surface area contributed by atoms with E-state index in [0.717, 1.165) is 17.7 Å². The molecule has 0 N–H and O–H groups in total. The summed E-state index contributed by atoms with van der Waals surface area (Å²) in [6, 6.07) is 13.9. The molecule has 0 spiro atoms. The smallest absolute Gasteiger partial charge is 0.308 e. The number of rotatable bonds is 3. The lowest BCUT2D eigenvalue weighted by molar-refractivity contribution is -0.132. The third-order valence-corrected chi connectivity index (χ3v) is 7.53. The van der Waals surface area contributed by atoms with E-state index in [0.29, 0.717) is 16.5 Å². The molecule has 3 fully saturated rings. The maximum absolute atomic E-state index is 13.5. The van der Waals surface area contributed by atoms with Gasteiger partial charge in [0.05, 0.1) is 23.2 Å². The average Bonchev–Trinajstić information content (AvgIpc) is 3.49. The zero-order valence-corrected chi connectivity index (χ0v) is 17.9. The van der Waals surface area contributed by atoms with Crippen LogP contribution in [0.3, 0.4) is 0 Å². The van der Waals surface area contributed by atoms with E-state index in [2.05, 4.69) is 5.16 Å². The lowest BCUT2D eigenvalue weighted by atomic mass is 9.71. The molecule has 2 bridgehead atoms. The molecule has 6 atom stereocenters. The molecule has 2 aromatic rings. The van der Waals surface area contributed by atoms with Crippen molar-refractivity contribution in [3.8, 4) is 5.75 Å². The summed E-state index contributed by atoms with van der Waals surface area (Å²) in [7, 11) is 0. The van der Waals surface area contributed by atoms with Crippen molar-refractivity contribution < 1.29 is 24.0 Å². The van der Waals surface area contributed by atoms with E-state index in [4.69, 9.17) is 21.2 Å². The first kappa shape index (κ1) is 19.5. The van der Waals surface area contributed by atoms with Gasteiger partial charge in [-0.2, -0.15) is 0 Å². The number of fused-ring (bicyclic) bond motifs is 8. The predicted octanol–water partition coefficient (Wildman–Crippen LogP) is 3.44. The molecule has 2 heterocycles. The first-order valence-corrected chi connectivity index (χ1v) is 11.0. The molecule has 1 saturated heterocycles. The zero-order valence-electron chi connectivity index (χ0n) is 17.1. The van der Waals surface area contributed by atoms with E-state index in [-0.39, 0.29) is 35.7 Å². The summed E-state index contributed by atoms with van der Waals surface area (Å²) >= 11 is 6.41. The molecule has 8 heteroatoms. The van der Waals surface area contributed by atoms with Crippen LogP contribution in [0.1, 0.15) is 18.9 Å². The highest BCUT2D eigenvalue weighted by Crippen LogP contribution is 2.62. The lowest BCUT2D eigenvalue weighted by Gasteiger charge is -2.30. The number of carbonyl (C=O) groups excluding carboxylic acids is 3. The number of nitrogens with zero attached hydrogens (tertiary/aromatic N) is 2. The Kier molecular flexibility index (Phi) is 4.21. The van der Waals surface area contributed by atoms with Crippen LogP contribution in [0.4, 0.5) is 5.69 Å². The van der Waals surface area contributed by atoms with Crippen LogP contribution in [0.25, 0.3) is 0 Å². The van der Waals surface area contributed by atoms with Crippen molar-refractivity contribution in [3.05, 3.63) is 59.1 Å². The molecule has 0 aromatic heterocycles. The monoisotopic (exact) mass is 450 g/mol. The Morgan fingerprint density at radius 3 is 2.41 bits per heavy atom. The van der Waals surface area contributed by atoms with Crippen molar-refractivity contribution in [1.29, 1.82) is 0 Å². The number of hydrogen-bond donors (Lipinski definition) is 0. The number of carbonyl (C=O) groups is 3. The Morgan fingerprint density at radius 1 is 1.03 bits per heavy atom. The fourth-order valence-corrected chi connectivity index (χ4v) is 6.33. The van der Waals surface area contributed by atoms with Crippen molar-refractivity contribution in [2.24, 2.45) is 34.7 Å². The van der Waals surface area contributed by atoms with Gasteiger partial charge in [0.25, 0.3) is 0 Å². The average molecular weight is 451 g/mol. The Bertz CT molecular complexity index is 1190. The standard InChI is InChI=1S/C24H19ClN2O5/c1-11(28)31-13-8-6-12(7-9-13)27-23(29)18-15-10-16(19(18)24(27)30)22-20(15)21(26-32-22)14-4-2-3-5-17(14)25/h2-9,15-16,18-20,22H,10H2,1H3/t15-,16+,18-,19+,20+,22+/m1/s1. The number of ether oxygens (including phenoxy) is 1. The Balaban J connectivity index is 1.31. The van der Waals surface area contributed by atoms with E-state index >= 15 is 0 Å². The molecule has 2 aromatic carbocycles. The van der Waals surface area contributed by atoms with E-state index in [9.17, 15) is 14.4 Å². The third kappa shape index (κ3) is 2.60. The summed E-state index contributed by atoms with van der Waals surface area (Å²) in [6.07, 6.45) is 0.556. The van der Waals surface area contributed by atoms with Gasteiger partial charge < -0.3 is 9.57 Å². The quantitative estimate of drug-likeness (QED) is 0.406. The van der Waals surface area contributed by atoms with Crippen LogP contribution in [-0.2, 0) is 19.2 Å². The molecule has 32 heavy (non-hydrogen) atoms. The first-order chi connectivity index (χ1) is 15.5. The largest absolute Gasteiger partial charge is 0.427 e. The second kappa shape index (κ2) is 6.90. The second-order valence-corrected chi connectivity index (χ2v) is 9.17. The molecular weight excluding hydrogens is 432 g/mol. The van der Waals surface area contributed by atoms with E-state index < -0.39 is 17.8 Å². The van der Waals surface area contributed by atoms with Crippen molar-refractivity contribution in [3.63, 3.8) is 0 Å². The number of benzene rings is 2. The number of hydrogen-bond acceptors (Lipinski definition) is 6. The zero-order chi connectivity index (χ0) is 22.1. The molecule has 0 unspecified atom stereocenters. The van der Waals surface area contributed by atoms with Crippen LogP contribution >= 0.6 is 11.6 Å². The molecule has 2 saturated carbocycles. The van der Waals surface area contributed by atoms with Gasteiger partial charge in [-0.3, -0.25) is 19.3 Å². The molecular formula is C24H19ClN2O5. The van der Waals surface area contributed by atoms with Crippen LogP contribution in [0.2, 0.25) is 5.02 Å². The van der Waals surface area contributed by atoms with Gasteiger partial charge in [-0.25, -0.2) is 0 Å². The van der Waals surface area contributed by atoms with Gasteiger partial charge in [-0.1, -0.05) is 35.0 Å². The molecule has 162 valence electrons. The van der Waals surface area contributed by atoms with Gasteiger partial charge in [0, 0.05) is 29.3 Å². The van der Waals surface area contributed by atoms with E-state index in [1.54, 1.807) is 24.3 Å². The molecule has 0 radical (unpaired) electrons. The summed E-state index contributed by atoms with van der Waals surface area (Å²) < 4.78 is 5.05. The first-order valence-electron chi connectivity index (χ1n) is 10.6. The number of imide groups is 1. The topological polar surface area (TPSA) is 85.3 Å². The highest BCUT2D eigenvalue weighted by atomic mass is 35.5. The maximum atomic E-state index is 13.5. The van der Waals surface area contributed by atoms with Crippen molar-refractivity contribution >= 4 is 40.8 Å². The molecule has 6 rings (SSSR count). The minimum Gasteiger partial charge on any atom is -0.427 e. The molecule has 7 nitrogen and oxygen atoms in total. The highest BCUT2D eigenvalue weighted by Gasteiger charge is 2.70. The molecule has 2 aliphatic heterocycles. The molecule has 4 aliphatic rings. The summed E-state index contributed by atoms with van der Waals surface area (Å²) in [5.41, 5.74) is 2.08. The number of oxime groups is 1. The van der Waals surface area contributed by atoms with Crippen LogP contribution in [0.15, 0.2) is 53.7 Å². The minimum atomic E-state index is -0.431. The Morgan fingerprint density at radius 2 is 1.72 bits per heavy atom. The second-order valence-electron chi connectivity index (χ2n) is 8.77. The normalized spacial score (nSPS) is 31.9. The van der Waals surface area contributed by atoms with Crippen LogP contribution < -0.4 is 9.64 Å². The number of halogens is 1. The Hall–Kier alpha value is -3.19. The van der Waals surface area contributed by atoms with Crippen LogP contribution in [0.5, 0.6) is 5.75 Å². The van der Waals surface area contributed by atoms with Crippen LogP contribution in [-0.4, -0.2) is 29.6 Å². The van der Waals surface area contributed by atoms with E-state index in [1.165, 1.54) is 11.8 Å². The van der Waals surface area contributed by atoms with Crippen molar-refractivity contribution in [1.82, 2.24) is 0 Å². The van der Waals surface area contributed by atoms with Gasteiger partial charge in [0.15, 0.2) is 0 Å². The molecule has 2 amide bonds. The highest BCUT2D eigenvalue weighted by molar-refractivity contribution is 6.34.